The molecule has 304 valence electrons. The third-order valence-electron chi connectivity index (χ3n) is 13.4. The van der Waals surface area contributed by atoms with E-state index in [1.807, 2.05) is 0 Å². The first kappa shape index (κ1) is 37.2. The Hall–Kier alpha value is -8.40. The summed E-state index contributed by atoms with van der Waals surface area (Å²) >= 11 is 0. The number of allylic oxidation sites excluding steroid dienone is 4. The molecule has 0 radical (unpaired) electrons. The summed E-state index contributed by atoms with van der Waals surface area (Å²) in [6, 6.07) is 75.2. The number of aromatic nitrogens is 3. The van der Waals surface area contributed by atoms with Crippen molar-refractivity contribution in [2.24, 2.45) is 0 Å². The summed E-state index contributed by atoms with van der Waals surface area (Å²) in [5.41, 5.74) is 14.5. The molecule has 3 heteroatoms. The average molecular weight is 828 g/mol. The molecule has 3 nitrogen and oxygen atoms in total. The molecule has 12 aromatic rings. The van der Waals surface area contributed by atoms with Gasteiger partial charge in [-0.3, -0.25) is 4.40 Å². The van der Waals surface area contributed by atoms with Crippen LogP contribution in [-0.4, -0.2) is 14.4 Å². The Morgan fingerprint density at radius 3 is 1.66 bits per heavy atom. The van der Waals surface area contributed by atoms with Gasteiger partial charge in [-0.15, -0.1) is 0 Å². The first-order chi connectivity index (χ1) is 32.2. The van der Waals surface area contributed by atoms with Gasteiger partial charge in [-0.2, -0.15) is 0 Å². The second kappa shape index (κ2) is 15.1. The van der Waals surface area contributed by atoms with Crippen molar-refractivity contribution in [1.29, 1.82) is 0 Å². The lowest BCUT2D eigenvalue weighted by molar-refractivity contribution is 1.04. The van der Waals surface area contributed by atoms with Crippen LogP contribution in [0, 0.1) is 0 Å². The molecule has 10 aromatic carbocycles. The van der Waals surface area contributed by atoms with Crippen LogP contribution in [0.25, 0.3) is 121 Å². The summed E-state index contributed by atoms with van der Waals surface area (Å²) in [6.45, 7) is 0. The molecular formula is C62H41N3. The van der Waals surface area contributed by atoms with Crippen LogP contribution in [-0.2, 0) is 0 Å². The topological polar surface area (TPSA) is 30.2 Å². The predicted octanol–water partition coefficient (Wildman–Crippen LogP) is 16.6. The molecule has 0 fully saturated rings. The molecular weight excluding hydrogens is 787 g/mol. The van der Waals surface area contributed by atoms with Crippen molar-refractivity contribution in [3.63, 3.8) is 0 Å². The third-order valence-corrected chi connectivity index (χ3v) is 13.4. The number of nitrogens with zero attached hydrogens (tertiary/aromatic N) is 3. The molecule has 0 aliphatic heterocycles. The maximum atomic E-state index is 5.49. The molecule has 0 bridgehead atoms. The van der Waals surface area contributed by atoms with Crippen molar-refractivity contribution >= 4 is 65.2 Å². The van der Waals surface area contributed by atoms with Gasteiger partial charge >= 0.3 is 0 Å². The highest BCUT2D eigenvalue weighted by Crippen LogP contribution is 2.46. The smallest absolute Gasteiger partial charge is 0.149 e. The Kier molecular flexibility index (Phi) is 8.67. The van der Waals surface area contributed by atoms with Gasteiger partial charge in [-0.25, -0.2) is 9.97 Å². The lowest BCUT2D eigenvalue weighted by Crippen LogP contribution is -2.01. The lowest BCUT2D eigenvalue weighted by Gasteiger charge is -2.19. The van der Waals surface area contributed by atoms with E-state index < -0.39 is 0 Å². The van der Waals surface area contributed by atoms with E-state index in [1.54, 1.807) is 0 Å². The molecule has 0 saturated heterocycles. The van der Waals surface area contributed by atoms with Crippen LogP contribution >= 0.6 is 0 Å². The fraction of sp³-hybridized carbons (Fsp3) is 0.0323. The summed E-state index contributed by atoms with van der Waals surface area (Å²) in [5.74, 6) is 0.868. The number of imidazole rings is 1. The van der Waals surface area contributed by atoms with Gasteiger partial charge in [0.1, 0.15) is 11.5 Å². The van der Waals surface area contributed by atoms with E-state index in [0.29, 0.717) is 0 Å². The zero-order valence-corrected chi connectivity index (χ0v) is 35.6. The molecule has 1 aliphatic rings. The van der Waals surface area contributed by atoms with Crippen LogP contribution in [0.3, 0.4) is 0 Å². The van der Waals surface area contributed by atoms with Gasteiger partial charge in [0.15, 0.2) is 0 Å². The number of hydrogen-bond donors (Lipinski definition) is 0. The molecule has 13 rings (SSSR count). The van der Waals surface area contributed by atoms with Gasteiger partial charge in [-0.1, -0.05) is 188 Å². The lowest BCUT2D eigenvalue weighted by atomic mass is 9.84. The van der Waals surface area contributed by atoms with Gasteiger partial charge < -0.3 is 0 Å². The van der Waals surface area contributed by atoms with Gasteiger partial charge in [0.25, 0.3) is 0 Å². The quantitative estimate of drug-likeness (QED) is 0.156. The number of benzene rings is 10. The van der Waals surface area contributed by atoms with Crippen molar-refractivity contribution in [3.8, 4) is 56.0 Å². The highest BCUT2D eigenvalue weighted by molar-refractivity contribution is 6.22. The molecule has 0 unspecified atom stereocenters. The molecule has 0 atom stereocenters. The fourth-order valence-electron chi connectivity index (χ4n) is 10.3. The van der Waals surface area contributed by atoms with E-state index >= 15 is 0 Å². The molecule has 65 heavy (non-hydrogen) atoms. The maximum Gasteiger partial charge on any atom is 0.149 e. The first-order valence-corrected chi connectivity index (χ1v) is 22.5. The van der Waals surface area contributed by atoms with Crippen LogP contribution in [0.1, 0.15) is 18.5 Å². The second-order valence-corrected chi connectivity index (χ2v) is 17.2. The van der Waals surface area contributed by atoms with E-state index in [1.165, 1.54) is 70.9 Å². The third kappa shape index (κ3) is 6.19. The van der Waals surface area contributed by atoms with Crippen LogP contribution < -0.4 is 0 Å². The molecule has 0 saturated carbocycles. The van der Waals surface area contributed by atoms with Gasteiger partial charge in [0.05, 0.1) is 16.9 Å². The minimum Gasteiger partial charge on any atom is -0.275 e. The van der Waals surface area contributed by atoms with Crippen molar-refractivity contribution in [3.05, 3.63) is 230 Å². The molecule has 0 amide bonds. The zero-order chi connectivity index (χ0) is 42.8. The van der Waals surface area contributed by atoms with Gasteiger partial charge in [0, 0.05) is 16.5 Å². The largest absolute Gasteiger partial charge is 0.275 e. The number of fused-ring (bicyclic) bond motifs is 7. The minimum atomic E-state index is 0.868. The van der Waals surface area contributed by atoms with E-state index in [2.05, 4.69) is 229 Å². The fourth-order valence-corrected chi connectivity index (χ4v) is 10.3. The van der Waals surface area contributed by atoms with E-state index in [4.69, 9.17) is 9.97 Å². The van der Waals surface area contributed by atoms with E-state index in [-0.39, 0.29) is 0 Å². The predicted molar refractivity (Wildman–Crippen MR) is 274 cm³/mol. The Morgan fingerprint density at radius 1 is 0.385 bits per heavy atom. The Bertz CT molecular complexity index is 3950. The standard InChI is InChI=1S/C62H41N3/c1-3-18-42(19-4-1)59-60(43-20-5-2-6-21-43)65-61(63-56-29-14-13-28-54(56)62(65)64-59)50-25-15-24-46(38-50)47-34-35-53-55(39-47)58(49-33-31-41-17-8-10-23-45(41)37-49)52-27-12-11-26-51(52)57(53)48-32-30-40-16-7-9-22-44(40)36-48/h1-3,5-18,20-39H,4,19H2. The minimum absolute atomic E-state index is 0.868. The molecule has 0 N–H and O–H groups in total. The molecule has 2 heterocycles. The molecule has 2 aromatic heterocycles. The highest BCUT2D eigenvalue weighted by Gasteiger charge is 2.24. The van der Waals surface area contributed by atoms with Crippen molar-refractivity contribution in [2.45, 2.75) is 12.8 Å². The molecule has 1 aliphatic carbocycles. The number of para-hydroxylation sites is 1. The summed E-state index contributed by atoms with van der Waals surface area (Å²) in [5, 5.41) is 10.9. The first-order valence-electron chi connectivity index (χ1n) is 22.5. The monoisotopic (exact) mass is 827 g/mol. The van der Waals surface area contributed by atoms with Crippen LogP contribution in [0.2, 0.25) is 0 Å². The zero-order valence-electron chi connectivity index (χ0n) is 35.6. The summed E-state index contributed by atoms with van der Waals surface area (Å²) < 4.78 is 2.31. The van der Waals surface area contributed by atoms with Gasteiger partial charge in [0.2, 0.25) is 0 Å². The number of hydrogen-bond acceptors (Lipinski definition) is 2. The van der Waals surface area contributed by atoms with Gasteiger partial charge in [-0.05, 0) is 131 Å². The summed E-state index contributed by atoms with van der Waals surface area (Å²) in [7, 11) is 0. The Morgan fingerprint density at radius 2 is 0.954 bits per heavy atom. The van der Waals surface area contributed by atoms with Crippen molar-refractivity contribution in [2.75, 3.05) is 0 Å². The van der Waals surface area contributed by atoms with Crippen LogP contribution in [0.5, 0.6) is 0 Å². The van der Waals surface area contributed by atoms with Crippen LogP contribution in [0.4, 0.5) is 0 Å². The van der Waals surface area contributed by atoms with E-state index in [0.717, 1.165) is 68.9 Å². The van der Waals surface area contributed by atoms with Crippen molar-refractivity contribution < 1.29 is 0 Å². The average Bonchev–Trinajstić information content (AvgIpc) is 3.79. The Balaban J connectivity index is 1.07. The summed E-state index contributed by atoms with van der Waals surface area (Å²) in [6.07, 6.45) is 8.57. The Labute approximate surface area is 376 Å². The second-order valence-electron chi connectivity index (χ2n) is 17.2. The summed E-state index contributed by atoms with van der Waals surface area (Å²) in [4.78, 5) is 11.0. The highest BCUT2D eigenvalue weighted by atomic mass is 15.1. The normalized spacial score (nSPS) is 12.8. The molecule has 0 spiro atoms. The van der Waals surface area contributed by atoms with Crippen LogP contribution in [0.15, 0.2) is 224 Å². The SMILES string of the molecule is C1=CCCC(c2nc3c4ccccc4nc(-c4cccc(-c5ccc6c(-c7ccc8ccccc8c7)c7ccccc7c(-c7ccc8ccccc8c7)c6c5)c4)n3c2-c2ccccc2)=C1. The number of rotatable bonds is 6. The van der Waals surface area contributed by atoms with E-state index in [9.17, 15) is 0 Å². The van der Waals surface area contributed by atoms with Crippen molar-refractivity contribution in [1.82, 2.24) is 14.4 Å². The maximum absolute atomic E-state index is 5.49.